The Kier molecular flexibility index (Phi) is 7.74. The van der Waals surface area contributed by atoms with Crippen molar-refractivity contribution < 1.29 is 29.1 Å². The van der Waals surface area contributed by atoms with Gasteiger partial charge in [-0.3, -0.25) is 19.3 Å². The number of oxime groups is 1. The zero-order valence-electron chi connectivity index (χ0n) is 20.7. The fourth-order valence-electron chi connectivity index (χ4n) is 5.05. The van der Waals surface area contributed by atoms with E-state index >= 15 is 0 Å². The molecule has 1 unspecified atom stereocenters. The molecule has 4 aliphatic rings. The van der Waals surface area contributed by atoms with E-state index in [4.69, 9.17) is 17.0 Å². The summed E-state index contributed by atoms with van der Waals surface area (Å²) >= 11 is 2.46. The van der Waals surface area contributed by atoms with Crippen LogP contribution in [0.15, 0.2) is 33.5 Å². The van der Waals surface area contributed by atoms with Crippen molar-refractivity contribution in [3.05, 3.63) is 34.0 Å². The number of Topliss-reactive ketones (excluding diaryl/α,β-unsaturated/α-hetero) is 1. The average molecular weight is 571 g/mol. The van der Waals surface area contributed by atoms with Crippen LogP contribution in [-0.2, 0) is 24.0 Å². The van der Waals surface area contributed by atoms with E-state index in [0.717, 1.165) is 37.0 Å². The Labute approximate surface area is 232 Å². The first-order valence-corrected chi connectivity index (χ1v) is 14.3. The highest BCUT2D eigenvalue weighted by molar-refractivity contribution is 8.00. The second kappa shape index (κ2) is 11.2. The van der Waals surface area contributed by atoms with Gasteiger partial charge >= 0.3 is 5.97 Å². The summed E-state index contributed by atoms with van der Waals surface area (Å²) in [5.74, 6) is -0.584. The van der Waals surface area contributed by atoms with Gasteiger partial charge in [0.1, 0.15) is 35.0 Å². The summed E-state index contributed by atoms with van der Waals surface area (Å²) in [5.41, 5.74) is 6.79. The van der Waals surface area contributed by atoms with Crippen molar-refractivity contribution >= 4 is 57.5 Å². The number of carboxylic acid groups (broad SMARTS) is 1. The summed E-state index contributed by atoms with van der Waals surface area (Å²) in [6, 6.07) is -1.65. The molecular weight excluding hydrogens is 544 g/mol. The van der Waals surface area contributed by atoms with Crippen LogP contribution in [0.2, 0.25) is 0 Å². The minimum absolute atomic E-state index is 0.0973. The van der Waals surface area contributed by atoms with Crippen LogP contribution in [0.1, 0.15) is 37.8 Å². The van der Waals surface area contributed by atoms with Crippen LogP contribution in [0.25, 0.3) is 0 Å². The molecule has 0 radical (unpaired) electrons. The van der Waals surface area contributed by atoms with E-state index in [9.17, 15) is 24.3 Å². The Bertz CT molecular complexity index is 1350. The van der Waals surface area contributed by atoms with Gasteiger partial charge in [-0.2, -0.15) is 0 Å². The fraction of sp³-hybridized carbons (Fsp3) is 0.440. The number of nitrogens with one attached hydrogen (secondary N) is 2. The second-order valence-corrected chi connectivity index (χ2v) is 11.4. The van der Waals surface area contributed by atoms with E-state index < -0.39 is 41.0 Å². The van der Waals surface area contributed by atoms with E-state index in [1.54, 1.807) is 11.5 Å². The number of carbonyl (C=O) groups is 4. The van der Waals surface area contributed by atoms with Crippen LogP contribution in [0.4, 0.5) is 5.13 Å². The number of carboxylic acids is 1. The number of allylic oxidation sites excluding steroid dienone is 1. The Hall–Kier alpha value is -3.67. The SMILES string of the molecule is C#CC(=O)C1NCC/C1=C\C1=C(C(=O)O)N2C(=O)[C@@H](NC(=O)/C(=N\OC3CCCC3)c3csc(N)n3)[C@H]2SC1. The van der Waals surface area contributed by atoms with Gasteiger partial charge in [-0.05, 0) is 55.7 Å². The van der Waals surface area contributed by atoms with Gasteiger partial charge in [0.2, 0.25) is 5.78 Å². The summed E-state index contributed by atoms with van der Waals surface area (Å²) < 4.78 is 0. The number of nitrogens with two attached hydrogens (primary N) is 1. The number of rotatable bonds is 8. The lowest BCUT2D eigenvalue weighted by atomic mass is 9.98. The van der Waals surface area contributed by atoms with Crippen molar-refractivity contribution in [1.82, 2.24) is 20.5 Å². The van der Waals surface area contributed by atoms with Gasteiger partial charge in [0.05, 0.1) is 0 Å². The number of carbonyl (C=O) groups excluding carboxylic acids is 3. The minimum atomic E-state index is -1.28. The molecule has 4 heterocycles. The number of nitrogens with zero attached hydrogens (tertiary/aromatic N) is 3. The van der Waals surface area contributed by atoms with Crippen molar-refractivity contribution in [1.29, 1.82) is 0 Å². The van der Waals surface area contributed by atoms with E-state index in [2.05, 4.69) is 26.7 Å². The highest BCUT2D eigenvalue weighted by Gasteiger charge is 2.54. The molecule has 0 aromatic carbocycles. The molecule has 39 heavy (non-hydrogen) atoms. The predicted octanol–water partition coefficient (Wildman–Crippen LogP) is 0.618. The van der Waals surface area contributed by atoms with Crippen LogP contribution in [0.5, 0.6) is 0 Å². The van der Waals surface area contributed by atoms with Crippen LogP contribution in [0, 0.1) is 12.3 Å². The van der Waals surface area contributed by atoms with Gasteiger partial charge in [0.15, 0.2) is 10.8 Å². The number of aromatic nitrogens is 1. The highest BCUT2D eigenvalue weighted by Crippen LogP contribution is 2.41. The second-order valence-electron chi connectivity index (χ2n) is 9.43. The van der Waals surface area contributed by atoms with Gasteiger partial charge in [0, 0.05) is 11.1 Å². The monoisotopic (exact) mass is 570 g/mol. The first-order valence-electron chi connectivity index (χ1n) is 12.4. The molecule has 0 bridgehead atoms. The zero-order valence-corrected chi connectivity index (χ0v) is 22.3. The van der Waals surface area contributed by atoms with Gasteiger partial charge in [-0.15, -0.1) is 29.5 Å². The number of hydrogen-bond donors (Lipinski definition) is 4. The largest absolute Gasteiger partial charge is 0.477 e. The normalized spacial score (nSPS) is 26.3. The lowest BCUT2D eigenvalue weighted by Crippen LogP contribution is -2.71. The zero-order chi connectivity index (χ0) is 27.7. The maximum Gasteiger partial charge on any atom is 0.352 e. The number of nitrogen functional groups attached to an aromatic ring is 1. The molecule has 0 spiro atoms. The third-order valence-electron chi connectivity index (χ3n) is 6.96. The molecule has 1 aromatic rings. The van der Waals surface area contributed by atoms with E-state index in [0.29, 0.717) is 24.1 Å². The number of anilines is 1. The first-order chi connectivity index (χ1) is 18.8. The third kappa shape index (κ3) is 5.29. The molecule has 2 saturated heterocycles. The first kappa shape index (κ1) is 26.9. The van der Waals surface area contributed by atoms with Gasteiger partial charge in [-0.1, -0.05) is 11.2 Å². The maximum absolute atomic E-state index is 13.2. The Morgan fingerprint density at radius 3 is 2.79 bits per heavy atom. The molecule has 204 valence electrons. The van der Waals surface area contributed by atoms with E-state index in [1.807, 2.05) is 0 Å². The molecular formula is C25H26N6O6S2. The average Bonchev–Trinajstić information content (AvgIpc) is 3.69. The molecule has 3 atom stereocenters. The van der Waals surface area contributed by atoms with Gasteiger partial charge in [-0.25, -0.2) is 9.78 Å². The summed E-state index contributed by atoms with van der Waals surface area (Å²) in [6.07, 6.45) is 11.1. The number of aliphatic carboxylic acids is 1. The number of amides is 2. The number of fused-ring (bicyclic) bond motifs is 1. The summed E-state index contributed by atoms with van der Waals surface area (Å²) in [6.45, 7) is 0.533. The fourth-order valence-corrected chi connectivity index (χ4v) is 6.90. The molecule has 12 nitrogen and oxygen atoms in total. The Balaban J connectivity index is 1.35. The standard InChI is InChI=1S/C25H26N6O6S2/c1-2-16(32)17-12(7-8-27-17)9-13-10-38-23-19(22(34)31(23)20(13)24(35)36)29-21(33)18(15-11-39-25(26)28-15)30-37-14-5-3-4-6-14/h1,9,11,14,17,19,23,27H,3-8,10H2,(H2,26,28)(H,29,33)(H,35,36)/b12-9+,30-18-/t17?,19-,23-/m1/s1. The number of hydrogen-bond acceptors (Lipinski definition) is 11. The molecule has 5 rings (SSSR count). The number of β-lactam (4-membered cyclic amide) rings is 1. The maximum atomic E-state index is 13.2. The van der Waals surface area contributed by atoms with Gasteiger partial charge < -0.3 is 26.3 Å². The van der Waals surface area contributed by atoms with Crippen LogP contribution < -0.4 is 16.4 Å². The molecule has 1 aromatic heterocycles. The predicted molar refractivity (Wildman–Crippen MR) is 144 cm³/mol. The highest BCUT2D eigenvalue weighted by atomic mass is 32.2. The van der Waals surface area contributed by atoms with Crippen molar-refractivity contribution in [3.8, 4) is 12.3 Å². The third-order valence-corrected chi connectivity index (χ3v) is 8.93. The van der Waals surface area contributed by atoms with Crippen molar-refractivity contribution in [2.75, 3.05) is 18.0 Å². The smallest absolute Gasteiger partial charge is 0.352 e. The van der Waals surface area contributed by atoms with E-state index in [-0.39, 0.29) is 34.1 Å². The molecule has 3 fully saturated rings. The summed E-state index contributed by atoms with van der Waals surface area (Å²) in [7, 11) is 0. The molecule has 14 heteroatoms. The van der Waals surface area contributed by atoms with Crippen LogP contribution >= 0.6 is 23.1 Å². The van der Waals surface area contributed by atoms with Crippen LogP contribution in [0.3, 0.4) is 0 Å². The van der Waals surface area contributed by atoms with Crippen LogP contribution in [-0.4, -0.2) is 80.1 Å². The number of terminal acetylenes is 1. The summed E-state index contributed by atoms with van der Waals surface area (Å²) in [5, 5.41) is 21.0. The van der Waals surface area contributed by atoms with E-state index in [1.165, 1.54) is 16.7 Å². The number of thioether (sulfide) groups is 1. The molecule has 3 aliphatic heterocycles. The van der Waals surface area contributed by atoms with Crippen molar-refractivity contribution in [3.63, 3.8) is 0 Å². The minimum Gasteiger partial charge on any atom is -0.477 e. The lowest BCUT2D eigenvalue weighted by Gasteiger charge is -2.49. The number of ketones is 1. The molecule has 5 N–H and O–H groups in total. The van der Waals surface area contributed by atoms with Gasteiger partial charge in [0.25, 0.3) is 11.8 Å². The molecule has 2 amide bonds. The number of thiazole rings is 1. The topological polar surface area (TPSA) is 176 Å². The van der Waals surface area contributed by atoms with Crippen molar-refractivity contribution in [2.45, 2.75) is 55.7 Å². The lowest BCUT2D eigenvalue weighted by molar-refractivity contribution is -0.150. The quantitative estimate of drug-likeness (QED) is 0.114. The Morgan fingerprint density at radius 1 is 1.36 bits per heavy atom. The molecule has 1 saturated carbocycles. The Morgan fingerprint density at radius 2 is 2.13 bits per heavy atom. The van der Waals surface area contributed by atoms with Crippen molar-refractivity contribution in [2.24, 2.45) is 5.16 Å². The molecule has 1 aliphatic carbocycles. The summed E-state index contributed by atoms with van der Waals surface area (Å²) in [4.78, 5) is 61.6.